The van der Waals surface area contributed by atoms with Gasteiger partial charge in [-0.2, -0.15) is 0 Å². The van der Waals surface area contributed by atoms with Gasteiger partial charge in [0.05, 0.1) is 45.5 Å². The van der Waals surface area contributed by atoms with Crippen LogP contribution in [0.2, 0.25) is 0 Å². The van der Waals surface area contributed by atoms with E-state index in [1.54, 1.807) is 24.8 Å². The third-order valence-electron chi connectivity index (χ3n) is 11.4. The lowest BCUT2D eigenvalue weighted by Gasteiger charge is -2.24. The summed E-state index contributed by atoms with van der Waals surface area (Å²) in [6, 6.07) is 11.9. The van der Waals surface area contributed by atoms with Gasteiger partial charge in [0.2, 0.25) is 0 Å². The molecule has 0 bridgehead atoms. The third kappa shape index (κ3) is 14.1. The van der Waals surface area contributed by atoms with E-state index in [1.807, 2.05) is 42.7 Å². The number of pyridine rings is 4. The zero-order valence-corrected chi connectivity index (χ0v) is 48.3. The maximum Gasteiger partial charge on any atom is 0.163 e. The van der Waals surface area contributed by atoms with Crippen LogP contribution in [0.5, 0.6) is 0 Å². The molecular weight excluding hydrogens is 889 g/mol. The van der Waals surface area contributed by atoms with Gasteiger partial charge < -0.3 is 0 Å². The molecular formula is C60H84N12. The maximum atomic E-state index is 4.80. The molecule has 0 aliphatic heterocycles. The first kappa shape index (κ1) is 56.9. The molecule has 12 nitrogen and oxygen atoms in total. The minimum Gasteiger partial charge on any atom is -0.264 e. The second-order valence-corrected chi connectivity index (χ2v) is 27.1. The van der Waals surface area contributed by atoms with E-state index < -0.39 is 0 Å². The van der Waals surface area contributed by atoms with Gasteiger partial charge in [-0.15, -0.1) is 0 Å². The Morgan fingerprint density at radius 3 is 1.17 bits per heavy atom. The molecule has 8 rings (SSSR count). The van der Waals surface area contributed by atoms with Crippen LogP contribution in [0, 0.1) is 0 Å². The smallest absolute Gasteiger partial charge is 0.163 e. The summed E-state index contributed by atoms with van der Waals surface area (Å²) in [5.41, 5.74) is 8.57. The lowest BCUT2D eigenvalue weighted by Crippen LogP contribution is -2.22. The lowest BCUT2D eigenvalue weighted by molar-refractivity contribution is 0.519. The average Bonchev–Trinajstić information content (AvgIpc) is 3.25. The molecule has 0 amide bonds. The molecule has 0 N–H and O–H groups in total. The summed E-state index contributed by atoms with van der Waals surface area (Å²) in [5, 5.41) is 3.21. The molecule has 0 aliphatic rings. The molecule has 72 heavy (non-hydrogen) atoms. The molecule has 12 heteroatoms. The van der Waals surface area contributed by atoms with E-state index in [2.05, 4.69) is 212 Å². The van der Waals surface area contributed by atoms with Crippen molar-refractivity contribution in [2.45, 2.75) is 209 Å². The fraction of sp³-hybridized carbons (Fsp3) is 0.533. The van der Waals surface area contributed by atoms with E-state index >= 15 is 0 Å². The number of hydrogen-bond donors (Lipinski definition) is 0. The standard InChI is InChI=1S/4C15H21N3/c1-14(2,3)12-10-9-16-8-7-11(10)17-13(18-12)15(4,5)6;1-14(2,3)12-10-7-8-16-9-11(10)17-13(18-12)15(4,5)6;1-14(2,3)12-11-10(8-7-9-16-11)17-13(18-12)15(4,5)6;1-14(2,3)11-10-8-7-9-16-12(10)18-13(17-11)15(4,5)6/h4*7-9H,1-6H3. The van der Waals surface area contributed by atoms with Crippen molar-refractivity contribution in [3.63, 3.8) is 0 Å². The lowest BCUT2D eigenvalue weighted by atomic mass is 9.88. The Balaban J connectivity index is 0.000000178. The molecule has 0 saturated heterocycles. The van der Waals surface area contributed by atoms with E-state index in [1.165, 1.54) is 0 Å². The first-order valence-electron chi connectivity index (χ1n) is 25.3. The van der Waals surface area contributed by atoms with Gasteiger partial charge in [0, 0.05) is 90.5 Å². The Kier molecular flexibility index (Phi) is 16.2. The monoisotopic (exact) mass is 973 g/mol. The number of hydrogen-bond acceptors (Lipinski definition) is 12. The van der Waals surface area contributed by atoms with Crippen LogP contribution in [-0.2, 0) is 43.3 Å². The van der Waals surface area contributed by atoms with Crippen molar-refractivity contribution in [2.75, 3.05) is 0 Å². The van der Waals surface area contributed by atoms with Crippen LogP contribution in [0.25, 0.3) is 43.9 Å². The molecule has 0 unspecified atom stereocenters. The van der Waals surface area contributed by atoms with Crippen molar-refractivity contribution in [3.05, 3.63) is 120 Å². The molecule has 8 aromatic heterocycles. The van der Waals surface area contributed by atoms with Crippen molar-refractivity contribution in [1.29, 1.82) is 0 Å². The van der Waals surface area contributed by atoms with Gasteiger partial charge in [-0.25, -0.2) is 44.9 Å². The van der Waals surface area contributed by atoms with Gasteiger partial charge in [-0.3, -0.25) is 15.0 Å². The molecule has 8 heterocycles. The molecule has 8 aromatic rings. The third-order valence-corrected chi connectivity index (χ3v) is 11.4. The minimum absolute atomic E-state index is 0.00252. The minimum atomic E-state index is -0.0638. The summed E-state index contributed by atoms with van der Waals surface area (Å²) in [5.74, 6) is 3.52. The van der Waals surface area contributed by atoms with Crippen molar-refractivity contribution < 1.29 is 0 Å². The summed E-state index contributed by atoms with van der Waals surface area (Å²) < 4.78 is 0. The Hall–Kier alpha value is -6.04. The highest BCUT2D eigenvalue weighted by molar-refractivity contribution is 5.82. The summed E-state index contributed by atoms with van der Waals surface area (Å²) in [4.78, 5) is 54.9. The molecule has 0 radical (unpaired) electrons. The van der Waals surface area contributed by atoms with Crippen LogP contribution in [0.4, 0.5) is 0 Å². The Bertz CT molecular complexity index is 2730. The van der Waals surface area contributed by atoms with E-state index in [-0.39, 0.29) is 43.3 Å². The van der Waals surface area contributed by atoms with Gasteiger partial charge >= 0.3 is 0 Å². The van der Waals surface area contributed by atoms with E-state index in [0.29, 0.717) is 0 Å². The Morgan fingerprint density at radius 1 is 0.278 bits per heavy atom. The normalized spacial score (nSPS) is 13.0. The second-order valence-electron chi connectivity index (χ2n) is 27.1. The number of aromatic nitrogens is 12. The summed E-state index contributed by atoms with van der Waals surface area (Å²) in [6.07, 6.45) is 10.9. The number of fused-ring (bicyclic) bond motifs is 4. The van der Waals surface area contributed by atoms with Crippen molar-refractivity contribution >= 4 is 43.9 Å². The summed E-state index contributed by atoms with van der Waals surface area (Å²) >= 11 is 0. The highest BCUT2D eigenvalue weighted by Gasteiger charge is 2.29. The van der Waals surface area contributed by atoms with Crippen molar-refractivity contribution in [1.82, 2.24) is 59.8 Å². The van der Waals surface area contributed by atoms with Gasteiger partial charge in [0.15, 0.2) is 5.65 Å². The van der Waals surface area contributed by atoms with Crippen LogP contribution >= 0.6 is 0 Å². The summed E-state index contributed by atoms with van der Waals surface area (Å²) in [6.45, 7) is 51.7. The fourth-order valence-electron chi connectivity index (χ4n) is 7.46. The molecule has 0 aromatic carbocycles. The Morgan fingerprint density at radius 2 is 0.667 bits per heavy atom. The topological polar surface area (TPSA) is 155 Å². The van der Waals surface area contributed by atoms with Gasteiger partial charge in [-0.1, -0.05) is 166 Å². The van der Waals surface area contributed by atoms with Gasteiger partial charge in [-0.05, 0) is 36.4 Å². The van der Waals surface area contributed by atoms with Crippen LogP contribution in [0.15, 0.2) is 73.6 Å². The summed E-state index contributed by atoms with van der Waals surface area (Å²) in [7, 11) is 0. The molecule has 0 spiro atoms. The Labute approximate surface area is 431 Å². The number of nitrogens with zero attached hydrogens (tertiary/aromatic N) is 12. The predicted molar refractivity (Wildman–Crippen MR) is 299 cm³/mol. The van der Waals surface area contributed by atoms with Crippen LogP contribution in [-0.4, -0.2) is 59.8 Å². The van der Waals surface area contributed by atoms with Gasteiger partial charge in [0.25, 0.3) is 0 Å². The van der Waals surface area contributed by atoms with E-state index in [4.69, 9.17) is 19.9 Å². The molecule has 0 saturated carbocycles. The molecule has 384 valence electrons. The number of rotatable bonds is 0. The van der Waals surface area contributed by atoms with Crippen LogP contribution in [0.3, 0.4) is 0 Å². The maximum absolute atomic E-state index is 4.80. The largest absolute Gasteiger partial charge is 0.264 e. The highest BCUT2D eigenvalue weighted by atomic mass is 15.0. The average molecular weight is 973 g/mol. The molecule has 0 aliphatic carbocycles. The van der Waals surface area contributed by atoms with Gasteiger partial charge in [0.1, 0.15) is 28.8 Å². The van der Waals surface area contributed by atoms with E-state index in [0.717, 1.165) is 89.9 Å². The first-order chi connectivity index (χ1) is 32.8. The van der Waals surface area contributed by atoms with Crippen molar-refractivity contribution in [3.8, 4) is 0 Å². The SMILES string of the molecule is CC(C)(C)c1nc(C(C)(C)C)c2cccnc2n1.CC(C)(C)c1nc(C(C)(C)C)c2ccncc2n1.CC(C)(C)c1nc(C(C)(C)C)c2cnccc2n1.CC(C)(C)c1nc(C(C)(C)C)c2ncccc2n1. The zero-order chi connectivity index (χ0) is 54.2. The second kappa shape index (κ2) is 20.5. The molecule has 0 fully saturated rings. The predicted octanol–water partition coefficient (Wildman–Crippen LogP) is 14.5. The quantitative estimate of drug-likeness (QED) is 0.142. The zero-order valence-electron chi connectivity index (χ0n) is 48.3. The van der Waals surface area contributed by atoms with E-state index in [9.17, 15) is 0 Å². The van der Waals surface area contributed by atoms with Crippen molar-refractivity contribution in [2.24, 2.45) is 0 Å². The van der Waals surface area contributed by atoms with Crippen LogP contribution in [0.1, 0.15) is 212 Å². The fourth-order valence-corrected chi connectivity index (χ4v) is 7.46. The highest BCUT2D eigenvalue weighted by Crippen LogP contribution is 2.34. The first-order valence-corrected chi connectivity index (χ1v) is 25.3. The van der Waals surface area contributed by atoms with Crippen LogP contribution < -0.4 is 0 Å². The molecule has 0 atom stereocenters.